The van der Waals surface area contributed by atoms with Crippen molar-refractivity contribution in [3.8, 4) is 5.75 Å². The molecule has 9 nitrogen and oxygen atoms in total. The van der Waals surface area contributed by atoms with Gasteiger partial charge in [0.1, 0.15) is 23.3 Å². The summed E-state index contributed by atoms with van der Waals surface area (Å²) in [4.78, 5) is 25.1. The molecule has 10 heteroatoms. The Balaban J connectivity index is 2.15. The molecule has 0 radical (unpaired) electrons. The van der Waals surface area contributed by atoms with E-state index in [1.54, 1.807) is 26.8 Å². The molecular weight excluding hydrogens is 446 g/mol. The summed E-state index contributed by atoms with van der Waals surface area (Å²) >= 11 is 0. The summed E-state index contributed by atoms with van der Waals surface area (Å²) in [6.45, 7) is 5.66. The third-order valence-electron chi connectivity index (χ3n) is 4.70. The first-order valence-electron chi connectivity index (χ1n) is 10.5. The molecule has 2 N–H and O–H groups in total. The van der Waals surface area contributed by atoms with E-state index in [0.717, 1.165) is 9.87 Å². The molecule has 0 heterocycles. The number of carbonyl (C=O) groups excluding carboxylic acids is 2. The van der Waals surface area contributed by atoms with Crippen molar-refractivity contribution in [1.29, 1.82) is 0 Å². The molecule has 0 spiro atoms. The lowest BCUT2D eigenvalue weighted by Gasteiger charge is -2.22. The lowest BCUT2D eigenvalue weighted by atomic mass is 10.0. The molecule has 1 atom stereocenters. The van der Waals surface area contributed by atoms with Crippen molar-refractivity contribution < 1.29 is 27.5 Å². The highest BCUT2D eigenvalue weighted by atomic mass is 32.2. The maximum Gasteiger partial charge on any atom is 0.408 e. The van der Waals surface area contributed by atoms with Crippen LogP contribution in [0.5, 0.6) is 5.75 Å². The van der Waals surface area contributed by atoms with Crippen LogP contribution in [0, 0.1) is 5.92 Å². The Hall–Kier alpha value is -3.11. The molecule has 0 aliphatic heterocycles. The number of alkyl carbamates (subject to hydrolysis) is 1. The average Bonchev–Trinajstić information content (AvgIpc) is 2.77. The Labute approximate surface area is 195 Å². The van der Waals surface area contributed by atoms with E-state index in [1.165, 1.54) is 26.2 Å². The van der Waals surface area contributed by atoms with Gasteiger partial charge >= 0.3 is 6.09 Å². The molecule has 180 valence electrons. The maximum absolute atomic E-state index is 12.9. The molecule has 0 fully saturated rings. The van der Waals surface area contributed by atoms with E-state index in [1.807, 2.05) is 30.3 Å². The van der Waals surface area contributed by atoms with Gasteiger partial charge in [-0.05, 0) is 36.6 Å². The van der Waals surface area contributed by atoms with Crippen LogP contribution in [0.15, 0.2) is 53.4 Å². The summed E-state index contributed by atoms with van der Waals surface area (Å²) in [5, 5.41) is 5.25. The molecule has 2 amide bonds. The number of rotatable bonds is 10. The van der Waals surface area contributed by atoms with Crippen molar-refractivity contribution >= 4 is 27.7 Å². The summed E-state index contributed by atoms with van der Waals surface area (Å²) in [6.07, 6.45) is -0.727. The van der Waals surface area contributed by atoms with Gasteiger partial charge in [-0.2, -0.15) is 0 Å². The van der Waals surface area contributed by atoms with E-state index < -0.39 is 28.1 Å². The van der Waals surface area contributed by atoms with Crippen LogP contribution in [0.3, 0.4) is 0 Å². The molecular formula is C23H31N3O6S. The van der Waals surface area contributed by atoms with Gasteiger partial charge in [-0.3, -0.25) is 4.79 Å². The summed E-state index contributed by atoms with van der Waals surface area (Å²) < 4.78 is 37.1. The minimum absolute atomic E-state index is 0.0662. The summed E-state index contributed by atoms with van der Waals surface area (Å²) in [7, 11) is -0.984. The van der Waals surface area contributed by atoms with Crippen LogP contribution >= 0.6 is 0 Å². The van der Waals surface area contributed by atoms with Crippen molar-refractivity contribution in [2.75, 3.05) is 26.0 Å². The zero-order valence-electron chi connectivity index (χ0n) is 19.5. The van der Waals surface area contributed by atoms with Gasteiger partial charge < -0.3 is 20.1 Å². The Morgan fingerprint density at radius 2 is 1.73 bits per heavy atom. The van der Waals surface area contributed by atoms with Crippen LogP contribution in [0.25, 0.3) is 0 Å². The normalized spacial score (nSPS) is 12.3. The minimum Gasteiger partial charge on any atom is -0.492 e. The number of anilines is 1. The number of carbonyl (C=O) groups is 2. The Bertz CT molecular complexity index is 1060. The van der Waals surface area contributed by atoms with Gasteiger partial charge in [0.05, 0.1) is 6.61 Å². The number of hydrogen-bond acceptors (Lipinski definition) is 6. The molecule has 2 aromatic rings. The lowest BCUT2D eigenvalue weighted by Crippen LogP contribution is -2.47. The second-order valence-corrected chi connectivity index (χ2v) is 9.92. The van der Waals surface area contributed by atoms with Gasteiger partial charge in [-0.15, -0.1) is 0 Å². The van der Waals surface area contributed by atoms with Gasteiger partial charge in [0.2, 0.25) is 15.9 Å². The quantitative estimate of drug-likeness (QED) is 0.543. The maximum atomic E-state index is 12.9. The third-order valence-corrected chi connectivity index (χ3v) is 6.54. The number of sulfonamides is 1. The van der Waals surface area contributed by atoms with Gasteiger partial charge in [-0.25, -0.2) is 17.5 Å². The molecule has 0 saturated carbocycles. The van der Waals surface area contributed by atoms with Gasteiger partial charge in [-0.1, -0.05) is 44.2 Å². The van der Waals surface area contributed by atoms with Crippen molar-refractivity contribution in [3.05, 3.63) is 54.1 Å². The molecule has 0 aliphatic rings. The van der Waals surface area contributed by atoms with Crippen LogP contribution < -0.4 is 15.4 Å². The molecule has 0 aliphatic carbocycles. The van der Waals surface area contributed by atoms with Crippen LogP contribution in [0.2, 0.25) is 0 Å². The summed E-state index contributed by atoms with van der Waals surface area (Å²) in [5.41, 5.74) is 1.08. The van der Waals surface area contributed by atoms with Crippen molar-refractivity contribution in [1.82, 2.24) is 9.62 Å². The van der Waals surface area contributed by atoms with Gasteiger partial charge in [0.15, 0.2) is 0 Å². The average molecular weight is 478 g/mol. The first kappa shape index (κ1) is 26.1. The number of ether oxygens (including phenoxy) is 2. The number of benzene rings is 2. The highest BCUT2D eigenvalue weighted by Crippen LogP contribution is 2.29. The Morgan fingerprint density at radius 1 is 1.06 bits per heavy atom. The third kappa shape index (κ3) is 7.19. The summed E-state index contributed by atoms with van der Waals surface area (Å²) in [5.74, 6) is -0.562. The molecule has 33 heavy (non-hydrogen) atoms. The minimum atomic E-state index is -3.81. The number of nitrogens with one attached hydrogen (secondary N) is 2. The first-order chi connectivity index (χ1) is 15.6. The zero-order chi connectivity index (χ0) is 24.6. The van der Waals surface area contributed by atoms with Gasteiger partial charge in [0, 0.05) is 19.8 Å². The zero-order valence-corrected chi connectivity index (χ0v) is 20.3. The Kier molecular flexibility index (Phi) is 9.24. The predicted octanol–water partition coefficient (Wildman–Crippen LogP) is 3.23. The van der Waals surface area contributed by atoms with E-state index in [2.05, 4.69) is 10.6 Å². The fraction of sp³-hybridized carbons (Fsp3) is 0.391. The SMILES string of the molecule is CCOc1ccc(NC(=O)[C@H](NC(=O)OCc2ccccc2)C(C)C)cc1S(=O)(=O)N(C)C. The molecule has 2 rings (SSSR count). The Morgan fingerprint density at radius 3 is 2.30 bits per heavy atom. The topological polar surface area (TPSA) is 114 Å². The highest BCUT2D eigenvalue weighted by Gasteiger charge is 2.27. The van der Waals surface area contributed by atoms with Crippen LogP contribution in [-0.2, 0) is 26.2 Å². The largest absolute Gasteiger partial charge is 0.492 e. The van der Waals surface area contributed by atoms with E-state index in [-0.39, 0.29) is 35.5 Å². The lowest BCUT2D eigenvalue weighted by molar-refractivity contribution is -0.119. The van der Waals surface area contributed by atoms with E-state index >= 15 is 0 Å². The second kappa shape index (κ2) is 11.7. The number of hydrogen-bond donors (Lipinski definition) is 2. The fourth-order valence-corrected chi connectivity index (χ4v) is 3.96. The predicted molar refractivity (Wildman–Crippen MR) is 126 cm³/mol. The highest BCUT2D eigenvalue weighted by molar-refractivity contribution is 7.89. The number of amides is 2. The van der Waals surface area contributed by atoms with Crippen molar-refractivity contribution in [2.24, 2.45) is 5.92 Å². The van der Waals surface area contributed by atoms with E-state index in [4.69, 9.17) is 9.47 Å². The van der Waals surface area contributed by atoms with E-state index in [0.29, 0.717) is 0 Å². The van der Waals surface area contributed by atoms with E-state index in [9.17, 15) is 18.0 Å². The van der Waals surface area contributed by atoms with Crippen molar-refractivity contribution in [2.45, 2.75) is 38.3 Å². The smallest absolute Gasteiger partial charge is 0.408 e. The number of nitrogens with zero attached hydrogens (tertiary/aromatic N) is 1. The molecule has 2 aromatic carbocycles. The first-order valence-corrected chi connectivity index (χ1v) is 12.0. The standard InChI is InChI=1S/C23H31N3O6S/c1-6-31-19-13-12-18(14-20(19)33(29,30)26(4)5)24-22(27)21(16(2)3)25-23(28)32-15-17-10-8-7-9-11-17/h7-14,16,21H,6,15H2,1-5H3,(H,24,27)(H,25,28)/t21-/m1/s1. The van der Waals surface area contributed by atoms with Crippen LogP contribution in [-0.4, -0.2) is 51.5 Å². The van der Waals surface area contributed by atoms with Gasteiger partial charge in [0.25, 0.3) is 0 Å². The molecule has 0 bridgehead atoms. The van der Waals surface area contributed by atoms with Crippen LogP contribution in [0.4, 0.5) is 10.5 Å². The molecule has 0 saturated heterocycles. The monoisotopic (exact) mass is 477 g/mol. The fourth-order valence-electron chi connectivity index (χ4n) is 2.91. The van der Waals surface area contributed by atoms with Crippen molar-refractivity contribution in [3.63, 3.8) is 0 Å². The van der Waals surface area contributed by atoms with Crippen LogP contribution in [0.1, 0.15) is 26.3 Å². The molecule has 0 unspecified atom stereocenters. The second-order valence-electron chi connectivity index (χ2n) is 7.80. The summed E-state index contributed by atoms with van der Waals surface area (Å²) in [6, 6.07) is 12.7. The molecule has 0 aromatic heterocycles.